The Hall–Kier alpha value is -3.30. The van der Waals surface area contributed by atoms with Crippen molar-refractivity contribution in [2.75, 3.05) is 32.8 Å². The van der Waals surface area contributed by atoms with Crippen molar-refractivity contribution in [2.45, 2.75) is 43.9 Å². The summed E-state index contributed by atoms with van der Waals surface area (Å²) in [5.41, 5.74) is 5.36. The number of nitrogens with zero attached hydrogens (tertiary/aromatic N) is 1. The highest BCUT2D eigenvalue weighted by Gasteiger charge is 2.36. The second kappa shape index (κ2) is 13.3. The van der Waals surface area contributed by atoms with Gasteiger partial charge in [0, 0.05) is 6.54 Å². The molecule has 33 heavy (non-hydrogen) atoms. The number of hydrogen-bond donors (Lipinski definition) is 8. The third kappa shape index (κ3) is 8.63. The van der Waals surface area contributed by atoms with Crippen LogP contribution >= 0.6 is 0 Å². The van der Waals surface area contributed by atoms with Crippen LogP contribution in [0.4, 0.5) is 0 Å². The Balaban J connectivity index is 2.62. The first-order valence-corrected chi connectivity index (χ1v) is 10.2. The highest BCUT2D eigenvalue weighted by atomic mass is 16.4. The number of aliphatic hydroxyl groups excluding tert-OH is 2. The first-order chi connectivity index (χ1) is 15.5. The third-order valence-electron chi connectivity index (χ3n) is 4.76. The van der Waals surface area contributed by atoms with E-state index in [1.54, 1.807) is 0 Å². The van der Waals surface area contributed by atoms with E-state index in [0.29, 0.717) is 6.42 Å². The number of carbonyl (C=O) groups excluding carboxylic acids is 5. The number of aliphatic carboxylic acids is 1. The summed E-state index contributed by atoms with van der Waals surface area (Å²) in [5.74, 6) is -5.02. The Kier molecular flexibility index (Phi) is 11.2. The molecule has 1 saturated heterocycles. The molecule has 9 N–H and O–H groups in total. The van der Waals surface area contributed by atoms with Crippen molar-refractivity contribution in [3.63, 3.8) is 0 Å². The number of rotatable bonds is 12. The molecule has 0 saturated carbocycles. The van der Waals surface area contributed by atoms with E-state index >= 15 is 0 Å². The van der Waals surface area contributed by atoms with Gasteiger partial charge in [0.15, 0.2) is 0 Å². The van der Waals surface area contributed by atoms with E-state index in [1.807, 2.05) is 5.32 Å². The number of carboxylic acid groups (broad SMARTS) is 1. The van der Waals surface area contributed by atoms with E-state index in [4.69, 9.17) is 15.9 Å². The SMILES string of the molecule is C[C@H](N)C(=O)NCC(=O)NCC(=O)N1CCC[C@H]1C(=O)N[C@@H](CO)C(=O)N[C@@H](CO)C(=O)O. The summed E-state index contributed by atoms with van der Waals surface area (Å²) in [4.78, 5) is 72.4. The van der Waals surface area contributed by atoms with Crippen molar-refractivity contribution >= 4 is 35.5 Å². The summed E-state index contributed by atoms with van der Waals surface area (Å²) in [5, 5.41) is 36.1. The molecule has 15 nitrogen and oxygen atoms in total. The van der Waals surface area contributed by atoms with Crippen LogP contribution in [0.5, 0.6) is 0 Å². The maximum Gasteiger partial charge on any atom is 0.328 e. The molecule has 0 aromatic carbocycles. The second-order valence-corrected chi connectivity index (χ2v) is 7.35. The van der Waals surface area contributed by atoms with Crippen LogP contribution in [-0.4, -0.2) is 113 Å². The summed E-state index contributed by atoms with van der Waals surface area (Å²) in [6, 6.07) is -4.89. The molecule has 1 aliphatic rings. The zero-order valence-electron chi connectivity index (χ0n) is 18.1. The molecule has 5 amide bonds. The van der Waals surface area contributed by atoms with Crippen molar-refractivity contribution < 1.29 is 44.1 Å². The predicted octanol–water partition coefficient (Wildman–Crippen LogP) is -5.40. The lowest BCUT2D eigenvalue weighted by Crippen LogP contribution is -2.57. The molecule has 1 fully saturated rings. The molecule has 0 bridgehead atoms. The zero-order chi connectivity index (χ0) is 25.1. The van der Waals surface area contributed by atoms with Gasteiger partial charge in [-0.25, -0.2) is 4.79 Å². The van der Waals surface area contributed by atoms with Crippen LogP contribution in [0.15, 0.2) is 0 Å². The van der Waals surface area contributed by atoms with Gasteiger partial charge in [0.25, 0.3) is 0 Å². The van der Waals surface area contributed by atoms with E-state index in [-0.39, 0.29) is 19.5 Å². The molecule has 186 valence electrons. The Morgan fingerprint density at radius 3 is 2.15 bits per heavy atom. The largest absolute Gasteiger partial charge is 0.480 e. The lowest BCUT2D eigenvalue weighted by molar-refractivity contribution is -0.144. The smallest absolute Gasteiger partial charge is 0.328 e. The molecule has 0 aromatic heterocycles. The summed E-state index contributed by atoms with van der Waals surface area (Å²) in [7, 11) is 0. The number of carbonyl (C=O) groups is 6. The number of nitrogens with two attached hydrogens (primary N) is 1. The van der Waals surface area contributed by atoms with Crippen molar-refractivity contribution in [1.82, 2.24) is 26.2 Å². The van der Waals surface area contributed by atoms with E-state index < -0.39 is 79.4 Å². The van der Waals surface area contributed by atoms with Gasteiger partial charge in [0.1, 0.15) is 18.1 Å². The highest BCUT2D eigenvalue weighted by Crippen LogP contribution is 2.17. The molecule has 1 aliphatic heterocycles. The molecule has 4 atom stereocenters. The standard InChI is InChI=1S/C18H30N6O9/c1-9(19)15(29)21-5-13(27)20-6-14(28)24-4-2-3-12(24)17(31)22-10(7-25)16(30)23-11(8-26)18(32)33/h9-12,25-26H,2-8,19H2,1H3,(H,20,27)(H,21,29)(H,22,31)(H,23,30)(H,32,33)/t9-,10-,11-,12-/m0/s1. The first-order valence-electron chi connectivity index (χ1n) is 10.2. The zero-order valence-corrected chi connectivity index (χ0v) is 18.1. The fraction of sp³-hybridized carbons (Fsp3) is 0.667. The van der Waals surface area contributed by atoms with Crippen molar-refractivity contribution in [2.24, 2.45) is 5.73 Å². The van der Waals surface area contributed by atoms with Crippen LogP contribution in [-0.2, 0) is 28.8 Å². The summed E-state index contributed by atoms with van der Waals surface area (Å²) >= 11 is 0. The average Bonchev–Trinajstić information content (AvgIpc) is 3.27. The van der Waals surface area contributed by atoms with Crippen molar-refractivity contribution in [3.8, 4) is 0 Å². The quantitative estimate of drug-likeness (QED) is 0.133. The van der Waals surface area contributed by atoms with Gasteiger partial charge in [-0.05, 0) is 19.8 Å². The van der Waals surface area contributed by atoms with Gasteiger partial charge in [-0.2, -0.15) is 0 Å². The van der Waals surface area contributed by atoms with Crippen LogP contribution in [0.3, 0.4) is 0 Å². The minimum Gasteiger partial charge on any atom is -0.480 e. The van der Waals surface area contributed by atoms with Gasteiger partial charge >= 0.3 is 5.97 Å². The number of hydrogen-bond acceptors (Lipinski definition) is 9. The van der Waals surface area contributed by atoms with Crippen LogP contribution in [0, 0.1) is 0 Å². The molecule has 0 radical (unpaired) electrons. The van der Waals surface area contributed by atoms with E-state index in [2.05, 4.69) is 16.0 Å². The van der Waals surface area contributed by atoms with Gasteiger partial charge in [-0.15, -0.1) is 0 Å². The maximum absolute atomic E-state index is 12.6. The number of likely N-dealkylation sites (tertiary alicyclic amines) is 1. The van der Waals surface area contributed by atoms with Crippen LogP contribution in [0.1, 0.15) is 19.8 Å². The Morgan fingerprint density at radius 2 is 1.61 bits per heavy atom. The maximum atomic E-state index is 12.6. The minimum absolute atomic E-state index is 0.218. The van der Waals surface area contributed by atoms with E-state index in [9.17, 15) is 33.9 Å². The minimum atomic E-state index is -1.62. The molecular formula is C18H30N6O9. The number of aliphatic hydroxyl groups is 2. The second-order valence-electron chi connectivity index (χ2n) is 7.35. The van der Waals surface area contributed by atoms with Crippen molar-refractivity contribution in [3.05, 3.63) is 0 Å². The van der Waals surface area contributed by atoms with Gasteiger partial charge in [-0.1, -0.05) is 0 Å². The first kappa shape index (κ1) is 27.7. The molecule has 0 aromatic rings. The topological polar surface area (TPSA) is 240 Å². The molecule has 0 unspecified atom stereocenters. The van der Waals surface area contributed by atoms with Gasteiger partial charge in [-0.3, -0.25) is 24.0 Å². The third-order valence-corrected chi connectivity index (χ3v) is 4.76. The summed E-state index contributed by atoms with van der Waals surface area (Å²) < 4.78 is 0. The van der Waals surface area contributed by atoms with Crippen LogP contribution < -0.4 is 27.0 Å². The van der Waals surface area contributed by atoms with Crippen LogP contribution in [0.2, 0.25) is 0 Å². The number of carboxylic acids is 1. The van der Waals surface area contributed by atoms with Crippen molar-refractivity contribution in [1.29, 1.82) is 0 Å². The number of amides is 5. The monoisotopic (exact) mass is 474 g/mol. The molecule has 1 heterocycles. The number of nitrogens with one attached hydrogen (secondary N) is 4. The Labute approximate surface area is 189 Å². The molecular weight excluding hydrogens is 444 g/mol. The molecule has 0 aliphatic carbocycles. The van der Waals surface area contributed by atoms with Gasteiger partial charge < -0.3 is 47.2 Å². The van der Waals surface area contributed by atoms with E-state index in [1.165, 1.54) is 11.8 Å². The molecule has 15 heteroatoms. The Morgan fingerprint density at radius 1 is 0.970 bits per heavy atom. The summed E-state index contributed by atoms with van der Waals surface area (Å²) in [6.07, 6.45) is 0.744. The fourth-order valence-electron chi connectivity index (χ4n) is 2.92. The Bertz CT molecular complexity index is 760. The van der Waals surface area contributed by atoms with Gasteiger partial charge in [0.05, 0.1) is 32.3 Å². The lowest BCUT2D eigenvalue weighted by atomic mass is 10.1. The van der Waals surface area contributed by atoms with E-state index in [0.717, 1.165) is 0 Å². The normalized spacial score (nSPS) is 17.9. The average molecular weight is 474 g/mol. The van der Waals surface area contributed by atoms with Crippen LogP contribution in [0.25, 0.3) is 0 Å². The lowest BCUT2D eigenvalue weighted by Gasteiger charge is -2.26. The van der Waals surface area contributed by atoms with Gasteiger partial charge in [0.2, 0.25) is 29.5 Å². The molecule has 1 rings (SSSR count). The molecule has 0 spiro atoms. The highest BCUT2D eigenvalue weighted by molar-refractivity contribution is 5.95. The summed E-state index contributed by atoms with van der Waals surface area (Å²) in [6.45, 7) is -0.890. The fourth-order valence-corrected chi connectivity index (χ4v) is 2.92. The predicted molar refractivity (Wildman–Crippen MR) is 110 cm³/mol.